The molecule has 0 aromatic heterocycles. The van der Waals surface area contributed by atoms with Crippen molar-refractivity contribution in [1.82, 2.24) is 21.3 Å². The van der Waals surface area contributed by atoms with Gasteiger partial charge in [-0.1, -0.05) is 0 Å². The van der Waals surface area contributed by atoms with Gasteiger partial charge in [0.2, 0.25) is 23.6 Å². The Morgan fingerprint density at radius 2 is 1.92 bits per heavy atom. The summed E-state index contributed by atoms with van der Waals surface area (Å²) < 4.78 is 0. The normalized spacial score (nSPS) is 18.7. The molecule has 0 aliphatic carbocycles. The van der Waals surface area contributed by atoms with Crippen molar-refractivity contribution in [2.45, 2.75) is 44.3 Å². The molecule has 0 radical (unpaired) electrons. The number of aliphatic carboxylic acids is 1. The van der Waals surface area contributed by atoms with Crippen LogP contribution in [0.1, 0.15) is 26.2 Å². The lowest BCUT2D eigenvalue weighted by atomic mass is 10.1. The third-order valence-corrected chi connectivity index (χ3v) is 3.59. The summed E-state index contributed by atoms with van der Waals surface area (Å²) in [4.78, 5) is 57.5. The first-order valence-electron chi connectivity index (χ1n) is 7.82. The van der Waals surface area contributed by atoms with Crippen molar-refractivity contribution in [3.8, 4) is 0 Å². The molecule has 7 N–H and O–H groups in total. The first-order chi connectivity index (χ1) is 11.7. The number of amides is 4. The Hall–Kier alpha value is -2.69. The molecule has 4 amide bonds. The Balaban J connectivity index is 2.53. The van der Waals surface area contributed by atoms with Crippen molar-refractivity contribution in [3.63, 3.8) is 0 Å². The third kappa shape index (κ3) is 7.16. The number of carbonyl (C=O) groups excluding carboxylic acids is 4. The molecule has 1 fully saturated rings. The van der Waals surface area contributed by atoms with E-state index < -0.39 is 42.2 Å². The van der Waals surface area contributed by atoms with E-state index in [1.807, 2.05) is 0 Å². The van der Waals surface area contributed by atoms with Crippen LogP contribution in [0.15, 0.2) is 0 Å². The van der Waals surface area contributed by atoms with E-state index in [4.69, 9.17) is 10.8 Å². The molecule has 1 aliphatic rings. The van der Waals surface area contributed by atoms with E-state index in [1.165, 1.54) is 6.92 Å². The zero-order valence-corrected chi connectivity index (χ0v) is 13.8. The quantitative estimate of drug-likeness (QED) is 0.251. The average Bonchev–Trinajstić information content (AvgIpc) is 3.05. The second-order valence-corrected chi connectivity index (χ2v) is 5.73. The number of carbonyl (C=O) groups is 5. The van der Waals surface area contributed by atoms with Gasteiger partial charge in [0.25, 0.3) is 0 Å². The lowest BCUT2D eigenvalue weighted by Crippen LogP contribution is -2.54. The average molecular weight is 357 g/mol. The van der Waals surface area contributed by atoms with Gasteiger partial charge in [-0.2, -0.15) is 0 Å². The van der Waals surface area contributed by atoms with E-state index >= 15 is 0 Å². The molecule has 1 rings (SSSR count). The minimum Gasteiger partial charge on any atom is -0.480 e. The van der Waals surface area contributed by atoms with Gasteiger partial charge in [-0.05, 0) is 26.3 Å². The number of carboxylic acids is 1. The maximum atomic E-state index is 12.0. The maximum Gasteiger partial charge on any atom is 0.325 e. The second-order valence-electron chi connectivity index (χ2n) is 5.73. The number of hydrogen-bond acceptors (Lipinski definition) is 6. The largest absolute Gasteiger partial charge is 0.480 e. The molecule has 0 bridgehead atoms. The van der Waals surface area contributed by atoms with Crippen LogP contribution < -0.4 is 27.0 Å². The SMILES string of the molecule is CC(NC(=O)C(CC(N)=O)NC(=O)CNC(=O)C1CCCN1)C(=O)O. The number of nitrogens with two attached hydrogens (primary N) is 1. The molecule has 3 atom stereocenters. The van der Waals surface area contributed by atoms with Crippen LogP contribution in [0.3, 0.4) is 0 Å². The zero-order chi connectivity index (χ0) is 19.0. The molecule has 1 heterocycles. The number of primary amides is 1. The van der Waals surface area contributed by atoms with Crippen LogP contribution in [-0.4, -0.2) is 65.9 Å². The van der Waals surface area contributed by atoms with Gasteiger partial charge in [-0.25, -0.2) is 0 Å². The van der Waals surface area contributed by atoms with Gasteiger partial charge in [0.15, 0.2) is 0 Å². The van der Waals surface area contributed by atoms with Crippen LogP contribution in [-0.2, 0) is 24.0 Å². The monoisotopic (exact) mass is 357 g/mol. The fourth-order valence-electron chi connectivity index (χ4n) is 2.23. The number of nitrogens with one attached hydrogen (secondary N) is 4. The first-order valence-corrected chi connectivity index (χ1v) is 7.82. The van der Waals surface area contributed by atoms with E-state index in [1.54, 1.807) is 0 Å². The Morgan fingerprint density at radius 1 is 1.24 bits per heavy atom. The minimum absolute atomic E-state index is 0.331. The highest BCUT2D eigenvalue weighted by molar-refractivity contribution is 5.94. The van der Waals surface area contributed by atoms with Gasteiger partial charge in [-0.15, -0.1) is 0 Å². The molecule has 140 valence electrons. The van der Waals surface area contributed by atoms with Crippen molar-refractivity contribution in [3.05, 3.63) is 0 Å². The fraction of sp³-hybridized carbons (Fsp3) is 0.643. The highest BCUT2D eigenvalue weighted by atomic mass is 16.4. The Kier molecular flexibility index (Phi) is 7.79. The number of rotatable bonds is 9. The highest BCUT2D eigenvalue weighted by Gasteiger charge is 2.27. The maximum absolute atomic E-state index is 12.0. The zero-order valence-electron chi connectivity index (χ0n) is 13.8. The highest BCUT2D eigenvalue weighted by Crippen LogP contribution is 2.04. The predicted octanol–water partition coefficient (Wildman–Crippen LogP) is -3.20. The van der Waals surface area contributed by atoms with Gasteiger partial charge in [0.05, 0.1) is 19.0 Å². The van der Waals surface area contributed by atoms with Gasteiger partial charge >= 0.3 is 5.97 Å². The Bertz CT molecular complexity index is 546. The van der Waals surface area contributed by atoms with Crippen molar-refractivity contribution >= 4 is 29.6 Å². The van der Waals surface area contributed by atoms with Crippen LogP contribution in [0, 0.1) is 0 Å². The van der Waals surface area contributed by atoms with Gasteiger partial charge in [-0.3, -0.25) is 24.0 Å². The van der Waals surface area contributed by atoms with E-state index in [0.717, 1.165) is 13.0 Å². The smallest absolute Gasteiger partial charge is 0.325 e. The van der Waals surface area contributed by atoms with Crippen LogP contribution >= 0.6 is 0 Å². The fourth-order valence-corrected chi connectivity index (χ4v) is 2.23. The molecule has 11 nitrogen and oxygen atoms in total. The number of carboxylic acid groups (broad SMARTS) is 1. The summed E-state index contributed by atoms with van der Waals surface area (Å²) in [7, 11) is 0. The summed E-state index contributed by atoms with van der Waals surface area (Å²) in [6.45, 7) is 1.58. The summed E-state index contributed by atoms with van der Waals surface area (Å²) in [5.74, 6) is -4.00. The van der Waals surface area contributed by atoms with Crippen molar-refractivity contribution in [2.24, 2.45) is 5.73 Å². The summed E-state index contributed by atoms with van der Waals surface area (Å²) in [5, 5.41) is 18.6. The topological polar surface area (TPSA) is 180 Å². The van der Waals surface area contributed by atoms with Gasteiger partial charge in [0.1, 0.15) is 12.1 Å². The third-order valence-electron chi connectivity index (χ3n) is 3.59. The molecule has 0 saturated carbocycles. The molecular formula is C14H23N5O6. The van der Waals surface area contributed by atoms with E-state index in [9.17, 15) is 24.0 Å². The van der Waals surface area contributed by atoms with Crippen LogP contribution in [0.5, 0.6) is 0 Å². The van der Waals surface area contributed by atoms with E-state index in [0.29, 0.717) is 6.42 Å². The molecule has 3 unspecified atom stereocenters. The van der Waals surface area contributed by atoms with Crippen LogP contribution in [0.25, 0.3) is 0 Å². The molecule has 11 heteroatoms. The van der Waals surface area contributed by atoms with Crippen molar-refractivity contribution < 1.29 is 29.1 Å². The standard InChI is InChI=1S/C14H23N5O6/c1-7(14(24)25)18-13(23)9(5-10(15)20)19-11(21)6-17-12(22)8-3-2-4-16-8/h7-9,16H,2-6H2,1H3,(H2,15,20)(H,17,22)(H,18,23)(H,19,21)(H,24,25). The van der Waals surface area contributed by atoms with Crippen LogP contribution in [0.2, 0.25) is 0 Å². The molecule has 0 aromatic carbocycles. The molecule has 25 heavy (non-hydrogen) atoms. The second kappa shape index (κ2) is 9.57. The Morgan fingerprint density at radius 3 is 2.44 bits per heavy atom. The van der Waals surface area contributed by atoms with Crippen molar-refractivity contribution in [2.75, 3.05) is 13.1 Å². The van der Waals surface area contributed by atoms with E-state index in [-0.39, 0.29) is 18.5 Å². The lowest BCUT2D eigenvalue weighted by molar-refractivity contribution is -0.141. The molecule has 0 spiro atoms. The van der Waals surface area contributed by atoms with Crippen molar-refractivity contribution in [1.29, 1.82) is 0 Å². The molecule has 1 saturated heterocycles. The first kappa shape index (κ1) is 20.4. The Labute approximate surface area is 144 Å². The lowest BCUT2D eigenvalue weighted by Gasteiger charge is -2.19. The summed E-state index contributed by atoms with van der Waals surface area (Å²) in [6, 6.07) is -2.88. The summed E-state index contributed by atoms with van der Waals surface area (Å²) >= 11 is 0. The summed E-state index contributed by atoms with van der Waals surface area (Å²) in [6.07, 6.45) is 1.04. The minimum atomic E-state index is -1.33. The molecule has 1 aliphatic heterocycles. The number of hydrogen-bond donors (Lipinski definition) is 6. The predicted molar refractivity (Wildman–Crippen MR) is 85.0 cm³/mol. The van der Waals surface area contributed by atoms with Gasteiger partial charge in [0, 0.05) is 0 Å². The van der Waals surface area contributed by atoms with Gasteiger partial charge < -0.3 is 32.1 Å². The van der Waals surface area contributed by atoms with E-state index in [2.05, 4.69) is 21.3 Å². The molecular weight excluding hydrogens is 334 g/mol. The van der Waals surface area contributed by atoms with Crippen LogP contribution in [0.4, 0.5) is 0 Å². The summed E-state index contributed by atoms with van der Waals surface area (Å²) in [5.41, 5.74) is 5.04. The molecule has 0 aromatic rings.